The molecule has 2 nitrogen and oxygen atoms in total. The van der Waals surface area contributed by atoms with Crippen LogP contribution in [0.2, 0.25) is 5.02 Å². The van der Waals surface area contributed by atoms with Gasteiger partial charge in [0, 0.05) is 11.6 Å². The van der Waals surface area contributed by atoms with Gasteiger partial charge in [-0.2, -0.15) is 0 Å². The average molecular weight is 305 g/mol. The number of rotatable bonds is 2. The van der Waals surface area contributed by atoms with Gasteiger partial charge >= 0.3 is 0 Å². The van der Waals surface area contributed by atoms with Crippen LogP contribution in [0.3, 0.4) is 0 Å². The highest BCUT2D eigenvalue weighted by molar-refractivity contribution is 9.10. The van der Waals surface area contributed by atoms with Gasteiger partial charge in [0.2, 0.25) is 0 Å². The molecule has 0 saturated heterocycles. The summed E-state index contributed by atoms with van der Waals surface area (Å²) in [6.07, 6.45) is 4.80. The summed E-state index contributed by atoms with van der Waals surface area (Å²) in [7, 11) is 0. The molecule has 1 aromatic rings. The van der Waals surface area contributed by atoms with E-state index in [1.54, 1.807) is 6.07 Å². The fourth-order valence-electron chi connectivity index (χ4n) is 2.39. The van der Waals surface area contributed by atoms with Crippen LogP contribution in [-0.2, 0) is 0 Å². The number of benzene rings is 1. The maximum atomic E-state index is 10.00. The van der Waals surface area contributed by atoms with Gasteiger partial charge in [0.15, 0.2) is 0 Å². The molecule has 1 aliphatic rings. The minimum Gasteiger partial charge on any atom is -0.506 e. The van der Waals surface area contributed by atoms with E-state index in [-0.39, 0.29) is 11.8 Å². The molecule has 3 N–H and O–H groups in total. The molecule has 16 heavy (non-hydrogen) atoms. The van der Waals surface area contributed by atoms with Crippen LogP contribution in [0.15, 0.2) is 16.6 Å². The maximum absolute atomic E-state index is 10.00. The van der Waals surface area contributed by atoms with E-state index < -0.39 is 0 Å². The minimum atomic E-state index is -0.0870. The predicted octanol–water partition coefficient (Wildman–Crippen LogP) is 4.00. The van der Waals surface area contributed by atoms with Crippen LogP contribution < -0.4 is 5.73 Å². The lowest BCUT2D eigenvalue weighted by molar-refractivity contribution is 0.411. The van der Waals surface area contributed by atoms with Gasteiger partial charge in [-0.15, -0.1) is 0 Å². The molecule has 0 radical (unpaired) electrons. The third-order valence-electron chi connectivity index (χ3n) is 3.37. The zero-order valence-corrected chi connectivity index (χ0v) is 11.3. The Morgan fingerprint density at radius 3 is 2.62 bits per heavy atom. The van der Waals surface area contributed by atoms with Crippen LogP contribution in [0.1, 0.15) is 37.3 Å². The highest BCUT2D eigenvalue weighted by Crippen LogP contribution is 2.41. The van der Waals surface area contributed by atoms with Gasteiger partial charge in [-0.3, -0.25) is 0 Å². The predicted molar refractivity (Wildman–Crippen MR) is 69.7 cm³/mol. The molecular formula is C12H15BrClNO. The number of hydrogen-bond acceptors (Lipinski definition) is 2. The lowest BCUT2D eigenvalue weighted by Crippen LogP contribution is -2.19. The van der Waals surface area contributed by atoms with E-state index in [0.29, 0.717) is 15.4 Å². The summed E-state index contributed by atoms with van der Waals surface area (Å²) >= 11 is 9.17. The lowest BCUT2D eigenvalue weighted by atomic mass is 9.92. The first-order chi connectivity index (χ1) is 7.61. The van der Waals surface area contributed by atoms with Crippen molar-refractivity contribution in [2.75, 3.05) is 0 Å². The lowest BCUT2D eigenvalue weighted by Gasteiger charge is -2.20. The van der Waals surface area contributed by atoms with Gasteiger partial charge in [0.05, 0.1) is 9.50 Å². The number of phenols is 1. The first kappa shape index (κ1) is 12.2. The summed E-state index contributed by atoms with van der Waals surface area (Å²) in [4.78, 5) is 0. The first-order valence-corrected chi connectivity index (χ1v) is 6.71. The second kappa shape index (κ2) is 4.94. The Bertz CT molecular complexity index is 391. The molecule has 1 saturated carbocycles. The standard InChI is InChI=1S/C12H15BrClNO/c13-10-9(14)6-5-8(12(10)16)11(15)7-3-1-2-4-7/h5-7,11,16H,1-4,15H2/t11-/m0/s1. The normalized spacial score (nSPS) is 18.9. The van der Waals surface area contributed by atoms with Crippen LogP contribution >= 0.6 is 27.5 Å². The monoisotopic (exact) mass is 303 g/mol. The maximum Gasteiger partial charge on any atom is 0.136 e. The van der Waals surface area contributed by atoms with Crippen molar-refractivity contribution in [3.8, 4) is 5.75 Å². The van der Waals surface area contributed by atoms with Crippen LogP contribution in [0.5, 0.6) is 5.75 Å². The van der Waals surface area contributed by atoms with E-state index in [1.807, 2.05) is 6.07 Å². The molecule has 0 aliphatic heterocycles. The number of hydrogen-bond donors (Lipinski definition) is 2. The highest BCUT2D eigenvalue weighted by Gasteiger charge is 2.26. The van der Waals surface area contributed by atoms with Crippen molar-refractivity contribution in [2.24, 2.45) is 11.7 Å². The molecular weight excluding hydrogens is 289 g/mol. The van der Waals surface area contributed by atoms with Crippen LogP contribution in [0.4, 0.5) is 0 Å². The number of halogens is 2. The van der Waals surface area contributed by atoms with Crippen molar-refractivity contribution in [1.29, 1.82) is 0 Å². The SMILES string of the molecule is N[C@H](c1ccc(Cl)c(Br)c1O)C1CCCC1. The fourth-order valence-corrected chi connectivity index (χ4v) is 2.91. The fraction of sp³-hybridized carbons (Fsp3) is 0.500. The van der Waals surface area contributed by atoms with Crippen molar-refractivity contribution in [2.45, 2.75) is 31.7 Å². The van der Waals surface area contributed by atoms with Crippen LogP contribution in [0, 0.1) is 5.92 Å². The second-order valence-electron chi connectivity index (χ2n) is 4.37. The van der Waals surface area contributed by atoms with Crippen molar-refractivity contribution >= 4 is 27.5 Å². The van der Waals surface area contributed by atoms with Crippen molar-refractivity contribution < 1.29 is 5.11 Å². The number of phenolic OH excluding ortho intramolecular Hbond substituents is 1. The van der Waals surface area contributed by atoms with Gasteiger partial charge in [0.25, 0.3) is 0 Å². The Kier molecular flexibility index (Phi) is 3.77. The van der Waals surface area contributed by atoms with E-state index in [4.69, 9.17) is 17.3 Å². The van der Waals surface area contributed by atoms with Gasteiger partial charge in [-0.05, 0) is 40.8 Å². The first-order valence-electron chi connectivity index (χ1n) is 5.53. The average Bonchev–Trinajstić information content (AvgIpc) is 2.79. The molecule has 1 fully saturated rings. The van der Waals surface area contributed by atoms with E-state index in [9.17, 15) is 5.11 Å². The molecule has 0 heterocycles. The molecule has 0 aromatic heterocycles. The number of nitrogens with two attached hydrogens (primary N) is 1. The molecule has 0 unspecified atom stereocenters. The van der Waals surface area contributed by atoms with Crippen molar-refractivity contribution in [3.05, 3.63) is 27.2 Å². The van der Waals surface area contributed by atoms with E-state index in [2.05, 4.69) is 15.9 Å². The molecule has 88 valence electrons. The van der Waals surface area contributed by atoms with Crippen LogP contribution in [0.25, 0.3) is 0 Å². The molecule has 1 atom stereocenters. The summed E-state index contributed by atoms with van der Waals surface area (Å²) in [5.41, 5.74) is 6.99. The molecule has 0 amide bonds. The quantitative estimate of drug-likeness (QED) is 0.867. The Morgan fingerprint density at radius 1 is 1.38 bits per heavy atom. The summed E-state index contributed by atoms with van der Waals surface area (Å²) < 4.78 is 0.542. The Hall–Kier alpha value is -0.250. The third-order valence-corrected chi connectivity index (χ3v) is 4.71. The summed E-state index contributed by atoms with van der Waals surface area (Å²) in [5.74, 6) is 0.672. The molecule has 4 heteroatoms. The highest BCUT2D eigenvalue weighted by atomic mass is 79.9. The van der Waals surface area contributed by atoms with Gasteiger partial charge in [-0.1, -0.05) is 30.5 Å². The largest absolute Gasteiger partial charge is 0.506 e. The Morgan fingerprint density at radius 2 is 2.00 bits per heavy atom. The molecule has 0 bridgehead atoms. The van der Waals surface area contributed by atoms with Crippen LogP contribution in [-0.4, -0.2) is 5.11 Å². The molecule has 1 aliphatic carbocycles. The third kappa shape index (κ3) is 2.22. The molecule has 1 aromatic carbocycles. The Labute approximate surface area is 109 Å². The summed E-state index contributed by atoms with van der Waals surface area (Å²) in [6.45, 7) is 0. The number of aromatic hydroxyl groups is 1. The summed E-state index contributed by atoms with van der Waals surface area (Å²) in [5, 5.41) is 10.5. The van der Waals surface area contributed by atoms with Crippen molar-refractivity contribution in [3.63, 3.8) is 0 Å². The van der Waals surface area contributed by atoms with Gasteiger partial charge in [0.1, 0.15) is 5.75 Å². The van der Waals surface area contributed by atoms with Gasteiger partial charge in [-0.25, -0.2) is 0 Å². The molecule has 0 spiro atoms. The van der Waals surface area contributed by atoms with Crippen molar-refractivity contribution in [1.82, 2.24) is 0 Å². The Balaban J connectivity index is 2.29. The second-order valence-corrected chi connectivity index (χ2v) is 5.57. The zero-order chi connectivity index (χ0) is 11.7. The summed E-state index contributed by atoms with van der Waals surface area (Å²) in [6, 6.07) is 3.51. The zero-order valence-electron chi connectivity index (χ0n) is 8.92. The smallest absolute Gasteiger partial charge is 0.136 e. The molecule has 2 rings (SSSR count). The van der Waals surface area contributed by atoms with Gasteiger partial charge < -0.3 is 10.8 Å². The minimum absolute atomic E-state index is 0.0870. The van der Waals surface area contributed by atoms with E-state index in [1.165, 1.54) is 12.8 Å². The topological polar surface area (TPSA) is 46.2 Å². The van der Waals surface area contributed by atoms with E-state index >= 15 is 0 Å². The van der Waals surface area contributed by atoms with E-state index in [0.717, 1.165) is 18.4 Å².